The fourth-order valence-electron chi connectivity index (χ4n) is 6.56. The third-order valence-corrected chi connectivity index (χ3v) is 11.0. The predicted octanol–water partition coefficient (Wildman–Crippen LogP) is 14.9. The van der Waals surface area contributed by atoms with E-state index >= 15 is 0 Å². The molecule has 0 aliphatic rings. The molecule has 0 aromatic carbocycles. The molecule has 292 valence electrons. The van der Waals surface area contributed by atoms with Crippen molar-refractivity contribution in [2.45, 2.75) is 245 Å². The van der Waals surface area contributed by atoms with E-state index < -0.39 is 0 Å². The van der Waals surface area contributed by atoms with Crippen LogP contribution in [-0.2, 0) is 19.1 Å². The minimum atomic E-state index is -0.0563. The van der Waals surface area contributed by atoms with Crippen LogP contribution in [0.3, 0.4) is 0 Å². The molecular formula is C44H86O4S. The first-order valence-corrected chi connectivity index (χ1v) is 23.2. The molecule has 0 radical (unpaired) electrons. The minimum absolute atomic E-state index is 0.0563. The van der Waals surface area contributed by atoms with Gasteiger partial charge in [0.1, 0.15) is 0 Å². The fourth-order valence-corrected chi connectivity index (χ4v) is 7.46. The molecule has 0 fully saturated rings. The van der Waals surface area contributed by atoms with Gasteiger partial charge in [-0.15, -0.1) is 0 Å². The summed E-state index contributed by atoms with van der Waals surface area (Å²) in [7, 11) is 0. The number of rotatable bonds is 42. The van der Waals surface area contributed by atoms with Crippen molar-refractivity contribution in [3.05, 3.63) is 0 Å². The van der Waals surface area contributed by atoms with Crippen molar-refractivity contribution in [1.29, 1.82) is 0 Å². The Bertz CT molecular complexity index is 601. The summed E-state index contributed by atoms with van der Waals surface area (Å²) in [4.78, 5) is 24.0. The van der Waals surface area contributed by atoms with E-state index in [0.717, 1.165) is 37.2 Å². The number of carbonyl (C=O) groups is 2. The first kappa shape index (κ1) is 48.3. The van der Waals surface area contributed by atoms with Gasteiger partial charge in [0.2, 0.25) is 0 Å². The van der Waals surface area contributed by atoms with Gasteiger partial charge in [0.15, 0.2) is 0 Å². The second-order valence-electron chi connectivity index (χ2n) is 14.9. The highest BCUT2D eigenvalue weighted by Gasteiger charge is 2.05. The molecule has 0 spiro atoms. The molecule has 0 heterocycles. The second-order valence-corrected chi connectivity index (χ2v) is 16.1. The molecule has 5 heteroatoms. The zero-order valence-corrected chi connectivity index (χ0v) is 34.1. The number of esters is 2. The average Bonchev–Trinajstić information content (AvgIpc) is 3.10. The predicted molar refractivity (Wildman–Crippen MR) is 217 cm³/mol. The topological polar surface area (TPSA) is 52.6 Å². The van der Waals surface area contributed by atoms with Crippen LogP contribution in [0.15, 0.2) is 0 Å². The highest BCUT2D eigenvalue weighted by molar-refractivity contribution is 7.99. The van der Waals surface area contributed by atoms with Gasteiger partial charge >= 0.3 is 11.9 Å². The number of thioether (sulfide) groups is 1. The van der Waals surface area contributed by atoms with Crippen molar-refractivity contribution < 1.29 is 19.1 Å². The van der Waals surface area contributed by atoms with Gasteiger partial charge in [-0.2, -0.15) is 11.8 Å². The van der Waals surface area contributed by atoms with E-state index in [-0.39, 0.29) is 11.9 Å². The number of ether oxygens (including phenoxy) is 2. The monoisotopic (exact) mass is 711 g/mol. The Kier molecular flexibility index (Phi) is 42.8. The van der Waals surface area contributed by atoms with Crippen LogP contribution < -0.4 is 0 Å². The van der Waals surface area contributed by atoms with Crippen molar-refractivity contribution in [1.82, 2.24) is 0 Å². The maximum Gasteiger partial charge on any atom is 0.305 e. The van der Waals surface area contributed by atoms with Crippen LogP contribution in [-0.4, -0.2) is 36.7 Å². The normalized spacial score (nSPS) is 11.3. The summed E-state index contributed by atoms with van der Waals surface area (Å²) in [6.07, 6.45) is 46.0. The van der Waals surface area contributed by atoms with Crippen LogP contribution >= 0.6 is 11.8 Å². The lowest BCUT2D eigenvalue weighted by atomic mass is 10.0. The van der Waals surface area contributed by atoms with Gasteiger partial charge in [0.05, 0.1) is 13.2 Å². The molecule has 0 amide bonds. The average molecular weight is 711 g/mol. The van der Waals surface area contributed by atoms with E-state index in [1.54, 1.807) is 0 Å². The van der Waals surface area contributed by atoms with Crippen molar-refractivity contribution in [3.63, 3.8) is 0 Å². The SMILES string of the molecule is CCCCCCCCCCCCCCCCCCOC(=O)CCCSCCCC(=O)OCCCCCCCCCCCCCCCCCC. The largest absolute Gasteiger partial charge is 0.466 e. The van der Waals surface area contributed by atoms with Gasteiger partial charge in [-0.3, -0.25) is 9.59 Å². The van der Waals surface area contributed by atoms with Crippen LogP contribution in [0.1, 0.15) is 245 Å². The van der Waals surface area contributed by atoms with Gasteiger partial charge in [0.25, 0.3) is 0 Å². The fraction of sp³-hybridized carbons (Fsp3) is 0.955. The molecule has 0 bridgehead atoms. The molecule has 0 rings (SSSR count). The molecule has 0 N–H and O–H groups in total. The quantitative estimate of drug-likeness (QED) is 0.0466. The van der Waals surface area contributed by atoms with E-state index in [0.29, 0.717) is 26.1 Å². The molecule has 0 aromatic rings. The second kappa shape index (κ2) is 43.5. The summed E-state index contributed by atoms with van der Waals surface area (Å²) in [5, 5.41) is 0. The Morgan fingerprint density at radius 3 is 0.796 bits per heavy atom. The van der Waals surface area contributed by atoms with Gasteiger partial charge < -0.3 is 9.47 Å². The third-order valence-electron chi connectivity index (χ3n) is 9.86. The standard InChI is InChI=1S/C44H86O4S/c1-3-5-7-9-11-13-15-17-19-21-23-25-27-29-31-33-39-47-43(45)37-35-41-49-42-36-38-44(46)48-40-34-32-30-28-26-24-22-20-18-16-14-12-10-8-6-4-2/h3-42H2,1-2H3. The summed E-state index contributed by atoms with van der Waals surface area (Å²) >= 11 is 1.82. The summed E-state index contributed by atoms with van der Waals surface area (Å²) < 4.78 is 10.8. The lowest BCUT2D eigenvalue weighted by molar-refractivity contribution is -0.144. The smallest absolute Gasteiger partial charge is 0.305 e. The molecule has 0 atom stereocenters. The van der Waals surface area contributed by atoms with E-state index in [4.69, 9.17) is 9.47 Å². The summed E-state index contributed by atoms with van der Waals surface area (Å²) in [5.41, 5.74) is 0. The van der Waals surface area contributed by atoms with E-state index in [9.17, 15) is 9.59 Å². The Labute approximate surface area is 311 Å². The number of hydrogen-bond donors (Lipinski definition) is 0. The highest BCUT2D eigenvalue weighted by Crippen LogP contribution is 2.16. The van der Waals surface area contributed by atoms with E-state index in [1.165, 1.54) is 193 Å². The molecule has 0 aromatic heterocycles. The molecule has 0 aliphatic heterocycles. The van der Waals surface area contributed by atoms with Crippen molar-refractivity contribution in [2.24, 2.45) is 0 Å². The molecule has 49 heavy (non-hydrogen) atoms. The first-order chi connectivity index (χ1) is 24.2. The van der Waals surface area contributed by atoms with Crippen LogP contribution in [0, 0.1) is 0 Å². The molecule has 0 unspecified atom stereocenters. The van der Waals surface area contributed by atoms with E-state index in [1.807, 2.05) is 11.8 Å². The number of hydrogen-bond acceptors (Lipinski definition) is 5. The van der Waals surface area contributed by atoms with Crippen molar-refractivity contribution in [3.8, 4) is 0 Å². The minimum Gasteiger partial charge on any atom is -0.466 e. The third kappa shape index (κ3) is 43.4. The van der Waals surface area contributed by atoms with Crippen LogP contribution in [0.4, 0.5) is 0 Å². The zero-order chi connectivity index (χ0) is 35.6. The van der Waals surface area contributed by atoms with Crippen molar-refractivity contribution in [2.75, 3.05) is 24.7 Å². The lowest BCUT2D eigenvalue weighted by Crippen LogP contribution is -2.07. The molecule has 4 nitrogen and oxygen atoms in total. The van der Waals surface area contributed by atoms with Gasteiger partial charge in [-0.25, -0.2) is 0 Å². The highest BCUT2D eigenvalue weighted by atomic mass is 32.2. The summed E-state index contributed by atoms with van der Waals surface area (Å²) in [5.74, 6) is 1.78. The van der Waals surface area contributed by atoms with Crippen LogP contribution in [0.5, 0.6) is 0 Å². The number of unbranched alkanes of at least 4 members (excludes halogenated alkanes) is 30. The molecular weight excluding hydrogens is 625 g/mol. The maximum absolute atomic E-state index is 12.0. The molecule has 0 saturated carbocycles. The first-order valence-electron chi connectivity index (χ1n) is 22.1. The van der Waals surface area contributed by atoms with E-state index in [2.05, 4.69) is 13.8 Å². The Morgan fingerprint density at radius 2 is 0.551 bits per heavy atom. The molecule has 0 saturated heterocycles. The van der Waals surface area contributed by atoms with Crippen LogP contribution in [0.25, 0.3) is 0 Å². The van der Waals surface area contributed by atoms with Gasteiger partial charge in [0, 0.05) is 12.8 Å². The Morgan fingerprint density at radius 1 is 0.327 bits per heavy atom. The van der Waals surface area contributed by atoms with Gasteiger partial charge in [-0.05, 0) is 37.2 Å². The Hall–Kier alpha value is -0.710. The van der Waals surface area contributed by atoms with Gasteiger partial charge in [-0.1, -0.05) is 206 Å². The lowest BCUT2D eigenvalue weighted by Gasteiger charge is -2.06. The van der Waals surface area contributed by atoms with Crippen LogP contribution in [0.2, 0.25) is 0 Å². The Balaban J connectivity index is 3.24. The summed E-state index contributed by atoms with van der Waals surface area (Å²) in [6.45, 7) is 5.72. The summed E-state index contributed by atoms with van der Waals surface area (Å²) in [6, 6.07) is 0. The zero-order valence-electron chi connectivity index (χ0n) is 33.3. The maximum atomic E-state index is 12.0. The molecule has 0 aliphatic carbocycles. The van der Waals surface area contributed by atoms with Crippen molar-refractivity contribution >= 4 is 23.7 Å². The number of carbonyl (C=O) groups excluding carboxylic acids is 2.